The molecule has 5 rings (SSSR count). The van der Waals surface area contributed by atoms with Crippen molar-refractivity contribution in [2.24, 2.45) is 11.6 Å². The maximum absolute atomic E-state index is 11.7. The SMILES string of the molecule is CC1=CC(c2[nH]c3ccc(C4CCN(C5CCS(=O)CC5)CC4)cc3c2C(C)C)=C/C(=C/N)N1N. The van der Waals surface area contributed by atoms with E-state index in [0.717, 1.165) is 60.1 Å². The first kappa shape index (κ1) is 24.3. The molecule has 6 nitrogen and oxygen atoms in total. The van der Waals surface area contributed by atoms with Crippen molar-refractivity contribution in [3.63, 3.8) is 0 Å². The molecule has 1 aromatic heterocycles. The number of H-pyrrole nitrogens is 1. The monoisotopic (exact) mass is 493 g/mol. The number of fused-ring (bicyclic) bond motifs is 1. The van der Waals surface area contributed by atoms with Crippen molar-refractivity contribution in [2.45, 2.75) is 64.3 Å². The Labute approximate surface area is 211 Å². The number of allylic oxidation sites excluding steroid dienone is 4. The van der Waals surface area contributed by atoms with Crippen LogP contribution in [-0.4, -0.2) is 49.7 Å². The summed E-state index contributed by atoms with van der Waals surface area (Å²) >= 11 is 0. The standard InChI is InChI=1S/C28H39N5OS/c1-18(2)27-25-16-21(20-6-10-32(11-7-20)23-8-12-35(34)13-9-23)4-5-26(25)31-28(27)22-14-19(3)33(30)24(15-22)17-29/h4-5,14-18,20,23,31H,6-13,29-30H2,1-3H3/b24-17-. The molecule has 3 aliphatic rings. The fourth-order valence-corrected chi connectivity index (χ4v) is 7.37. The van der Waals surface area contributed by atoms with Crippen molar-refractivity contribution in [3.8, 4) is 0 Å². The van der Waals surface area contributed by atoms with Gasteiger partial charge in [-0.25, -0.2) is 5.84 Å². The predicted molar refractivity (Wildman–Crippen MR) is 147 cm³/mol. The second kappa shape index (κ2) is 9.96. The topological polar surface area (TPSA) is 91.4 Å². The smallest absolute Gasteiger partial charge is 0.0732 e. The van der Waals surface area contributed by atoms with E-state index in [-0.39, 0.29) is 0 Å². The molecular weight excluding hydrogens is 454 g/mol. The molecule has 5 N–H and O–H groups in total. The van der Waals surface area contributed by atoms with E-state index in [0.29, 0.717) is 17.9 Å². The van der Waals surface area contributed by atoms with Crippen LogP contribution in [0, 0.1) is 0 Å². The number of aromatic amines is 1. The van der Waals surface area contributed by atoms with E-state index in [4.69, 9.17) is 11.6 Å². The number of rotatable bonds is 4. The summed E-state index contributed by atoms with van der Waals surface area (Å²) in [6, 6.07) is 7.65. The molecular formula is C28H39N5OS. The summed E-state index contributed by atoms with van der Waals surface area (Å²) in [5.41, 5.74) is 13.9. The zero-order chi connectivity index (χ0) is 24.7. The molecule has 0 aliphatic carbocycles. The predicted octanol–water partition coefficient (Wildman–Crippen LogP) is 4.66. The van der Waals surface area contributed by atoms with Crippen molar-refractivity contribution in [2.75, 3.05) is 24.6 Å². The fraction of sp³-hybridized carbons (Fsp3) is 0.500. The van der Waals surface area contributed by atoms with E-state index in [2.05, 4.69) is 54.1 Å². The minimum absolute atomic E-state index is 0.378. The number of aromatic nitrogens is 1. The van der Waals surface area contributed by atoms with E-state index in [1.54, 1.807) is 11.2 Å². The first-order valence-electron chi connectivity index (χ1n) is 13.0. The van der Waals surface area contributed by atoms with Gasteiger partial charge >= 0.3 is 0 Å². The van der Waals surface area contributed by atoms with Gasteiger partial charge in [-0.05, 0) is 92.9 Å². The molecule has 0 unspecified atom stereocenters. The van der Waals surface area contributed by atoms with Crippen LogP contribution in [0.1, 0.15) is 75.1 Å². The zero-order valence-electron chi connectivity index (χ0n) is 21.2. The van der Waals surface area contributed by atoms with Crippen molar-refractivity contribution in [1.29, 1.82) is 0 Å². The van der Waals surface area contributed by atoms with Crippen molar-refractivity contribution in [3.05, 3.63) is 64.8 Å². The number of hydrazine groups is 1. The molecule has 1 aromatic carbocycles. The average molecular weight is 494 g/mol. The molecule has 35 heavy (non-hydrogen) atoms. The van der Waals surface area contributed by atoms with Crippen LogP contribution in [0.25, 0.3) is 16.5 Å². The second-order valence-corrected chi connectivity index (χ2v) is 12.3. The molecule has 0 atom stereocenters. The lowest BCUT2D eigenvalue weighted by Gasteiger charge is -2.39. The van der Waals surface area contributed by atoms with Crippen LogP contribution < -0.4 is 11.6 Å². The first-order chi connectivity index (χ1) is 16.9. The van der Waals surface area contributed by atoms with Crippen molar-refractivity contribution >= 4 is 27.3 Å². The van der Waals surface area contributed by atoms with E-state index in [9.17, 15) is 4.21 Å². The Hall–Kier alpha value is -2.35. The van der Waals surface area contributed by atoms with E-state index in [1.807, 2.05) is 6.92 Å². The highest BCUT2D eigenvalue weighted by atomic mass is 32.2. The van der Waals surface area contributed by atoms with Gasteiger partial charge in [0.25, 0.3) is 0 Å². The van der Waals surface area contributed by atoms with Crippen LogP contribution in [0.2, 0.25) is 0 Å². The van der Waals surface area contributed by atoms with E-state index < -0.39 is 10.8 Å². The molecule has 0 spiro atoms. The van der Waals surface area contributed by atoms with Crippen LogP contribution in [0.5, 0.6) is 0 Å². The lowest BCUT2D eigenvalue weighted by molar-refractivity contribution is 0.143. The lowest BCUT2D eigenvalue weighted by atomic mass is 9.86. The third-order valence-corrected chi connectivity index (χ3v) is 9.48. The summed E-state index contributed by atoms with van der Waals surface area (Å²) in [6.07, 6.45) is 10.3. The third kappa shape index (κ3) is 4.74. The number of nitrogens with one attached hydrogen (secondary N) is 1. The number of benzene rings is 1. The summed E-state index contributed by atoms with van der Waals surface area (Å²) in [6.45, 7) is 8.84. The zero-order valence-corrected chi connectivity index (χ0v) is 22.0. The number of likely N-dealkylation sites (tertiary alicyclic amines) is 1. The van der Waals surface area contributed by atoms with Gasteiger partial charge in [-0.3, -0.25) is 9.22 Å². The molecule has 0 radical (unpaired) electrons. The molecule has 188 valence electrons. The van der Waals surface area contributed by atoms with Gasteiger partial charge in [0.2, 0.25) is 0 Å². The van der Waals surface area contributed by atoms with Gasteiger partial charge in [0, 0.05) is 56.7 Å². The molecule has 2 aromatic rings. The van der Waals surface area contributed by atoms with Gasteiger partial charge in [-0.2, -0.15) is 0 Å². The Bertz CT molecular complexity index is 1210. The third-order valence-electron chi connectivity index (χ3n) is 8.10. The Morgan fingerprint density at radius 2 is 1.83 bits per heavy atom. The minimum atomic E-state index is -0.583. The van der Waals surface area contributed by atoms with Gasteiger partial charge in [0.05, 0.1) is 11.4 Å². The molecule has 0 saturated carbocycles. The number of hydrogen-bond donors (Lipinski definition) is 3. The summed E-state index contributed by atoms with van der Waals surface area (Å²) in [7, 11) is -0.583. The largest absolute Gasteiger partial charge is 0.403 e. The molecule has 0 bridgehead atoms. The fourth-order valence-electron chi connectivity index (χ4n) is 6.10. The van der Waals surface area contributed by atoms with Crippen LogP contribution in [-0.2, 0) is 10.8 Å². The number of hydrogen-bond acceptors (Lipinski definition) is 5. The van der Waals surface area contributed by atoms with Gasteiger partial charge in [-0.1, -0.05) is 19.9 Å². The summed E-state index contributed by atoms with van der Waals surface area (Å²) in [5, 5.41) is 2.95. The Morgan fingerprint density at radius 3 is 2.49 bits per heavy atom. The molecule has 0 amide bonds. The number of nitrogens with zero attached hydrogens (tertiary/aromatic N) is 2. The Balaban J connectivity index is 1.41. The van der Waals surface area contributed by atoms with Crippen LogP contribution in [0.15, 0.2) is 47.9 Å². The highest BCUT2D eigenvalue weighted by molar-refractivity contribution is 7.85. The lowest BCUT2D eigenvalue weighted by Crippen LogP contribution is -2.44. The van der Waals surface area contributed by atoms with E-state index >= 15 is 0 Å². The summed E-state index contributed by atoms with van der Waals surface area (Å²) < 4.78 is 11.7. The molecule has 7 heteroatoms. The van der Waals surface area contributed by atoms with Gasteiger partial charge in [0.15, 0.2) is 0 Å². The Morgan fingerprint density at radius 1 is 1.11 bits per heavy atom. The summed E-state index contributed by atoms with van der Waals surface area (Å²) in [4.78, 5) is 6.37. The van der Waals surface area contributed by atoms with Crippen molar-refractivity contribution in [1.82, 2.24) is 14.9 Å². The van der Waals surface area contributed by atoms with E-state index in [1.165, 1.54) is 34.9 Å². The Kier molecular flexibility index (Phi) is 6.93. The number of nitrogens with two attached hydrogens (primary N) is 2. The maximum Gasteiger partial charge on any atom is 0.0732 e. The van der Waals surface area contributed by atoms with Gasteiger partial charge < -0.3 is 15.6 Å². The molecule has 3 aliphatic heterocycles. The van der Waals surface area contributed by atoms with Crippen molar-refractivity contribution < 1.29 is 4.21 Å². The van der Waals surface area contributed by atoms with Crippen LogP contribution >= 0.6 is 0 Å². The first-order valence-corrected chi connectivity index (χ1v) is 14.5. The number of piperidine rings is 1. The van der Waals surface area contributed by atoms with Crippen LogP contribution in [0.3, 0.4) is 0 Å². The second-order valence-electron chi connectivity index (χ2n) is 10.6. The molecule has 2 saturated heterocycles. The summed E-state index contributed by atoms with van der Waals surface area (Å²) in [5.74, 6) is 8.89. The highest BCUT2D eigenvalue weighted by Gasteiger charge is 2.29. The van der Waals surface area contributed by atoms with Gasteiger partial charge in [-0.15, -0.1) is 0 Å². The quantitative estimate of drug-likeness (QED) is 0.539. The molecule has 2 fully saturated rings. The minimum Gasteiger partial charge on any atom is -0.403 e. The normalized spacial score (nSPS) is 26.0. The highest BCUT2D eigenvalue weighted by Crippen LogP contribution is 2.39. The van der Waals surface area contributed by atoms with Crippen LogP contribution in [0.4, 0.5) is 0 Å². The van der Waals surface area contributed by atoms with Gasteiger partial charge in [0.1, 0.15) is 0 Å². The average Bonchev–Trinajstić information content (AvgIpc) is 3.25. The molecule has 4 heterocycles. The maximum atomic E-state index is 11.7.